The normalized spacial score (nSPS) is 13.5. The fourth-order valence-corrected chi connectivity index (χ4v) is 23.8. The summed E-state index contributed by atoms with van der Waals surface area (Å²) >= 11 is 0. The van der Waals surface area contributed by atoms with Crippen molar-refractivity contribution in [3.8, 4) is 55.9 Å². The zero-order valence-corrected chi connectivity index (χ0v) is 80.8. The van der Waals surface area contributed by atoms with Crippen molar-refractivity contribution in [3.63, 3.8) is 0 Å². The first-order valence-corrected chi connectivity index (χ1v) is 49.4. The van der Waals surface area contributed by atoms with Crippen LogP contribution >= 0.6 is 0 Å². The number of benzene rings is 19. The number of furan rings is 2. The van der Waals surface area contributed by atoms with E-state index in [1.165, 1.54) is 65.6 Å². The number of rotatable bonds is 10. The summed E-state index contributed by atoms with van der Waals surface area (Å²) in [5, 5.41) is 9.04. The first-order chi connectivity index (χ1) is 68.0. The van der Waals surface area contributed by atoms with Crippen LogP contribution in [0.3, 0.4) is 0 Å². The molecule has 0 fully saturated rings. The average molecular weight is 1800 g/mol. The summed E-state index contributed by atoms with van der Waals surface area (Å²) in [7, 11) is 0. The molecule has 0 N–H and O–H groups in total. The molecule has 4 aliphatic heterocycles. The molecule has 140 heavy (non-hydrogen) atoms. The van der Waals surface area contributed by atoms with E-state index in [9.17, 15) is 0 Å². The Morgan fingerprint density at radius 1 is 0.200 bits per heavy atom. The molecule has 0 radical (unpaired) electrons. The molecule has 4 aromatic heterocycles. The van der Waals surface area contributed by atoms with Crippen LogP contribution in [0.5, 0.6) is 0 Å². The van der Waals surface area contributed by atoms with Crippen LogP contribution in [0.2, 0.25) is 0 Å². The molecule has 670 valence electrons. The molecular formula is C130H102B2N6O2. The van der Waals surface area contributed by atoms with E-state index in [2.05, 4.69) is 512 Å². The fraction of sp³-hybridized carbons (Fsp3) is 0.123. The summed E-state index contributed by atoms with van der Waals surface area (Å²) in [5.74, 6) is 0. The third-order valence-corrected chi connectivity index (χ3v) is 30.6. The summed E-state index contributed by atoms with van der Waals surface area (Å²) < 4.78 is 20.1. The molecule has 0 amide bonds. The summed E-state index contributed by atoms with van der Waals surface area (Å²) in [5.41, 5.74) is 42.2. The third-order valence-electron chi connectivity index (χ3n) is 30.6. The van der Waals surface area contributed by atoms with Gasteiger partial charge in [0.2, 0.25) is 0 Å². The van der Waals surface area contributed by atoms with Crippen molar-refractivity contribution < 1.29 is 8.83 Å². The van der Waals surface area contributed by atoms with Gasteiger partial charge >= 0.3 is 0 Å². The van der Waals surface area contributed by atoms with Crippen molar-refractivity contribution in [3.05, 3.63) is 423 Å². The predicted octanol–water partition coefficient (Wildman–Crippen LogP) is 31.7. The highest BCUT2D eigenvalue weighted by Crippen LogP contribution is 2.59. The lowest BCUT2D eigenvalue weighted by Crippen LogP contribution is -2.65. The monoisotopic (exact) mass is 1800 g/mol. The van der Waals surface area contributed by atoms with Gasteiger partial charge in [-0.2, -0.15) is 0 Å². The number of hydrogen-bond acceptors (Lipinski definition) is 6. The highest BCUT2D eigenvalue weighted by molar-refractivity contribution is 7.03. The van der Waals surface area contributed by atoms with Gasteiger partial charge < -0.3 is 37.6 Å². The van der Waals surface area contributed by atoms with E-state index < -0.39 is 24.3 Å². The van der Waals surface area contributed by atoms with Gasteiger partial charge in [0, 0.05) is 122 Å². The van der Waals surface area contributed by atoms with E-state index in [4.69, 9.17) is 8.83 Å². The number of fused-ring (bicyclic) bond motifs is 20. The molecule has 27 rings (SSSR count). The Bertz CT molecular complexity index is 8920. The molecule has 0 spiro atoms. The molecule has 4 aliphatic rings. The minimum atomic E-state index is -0.431. The molecule has 0 saturated heterocycles. The van der Waals surface area contributed by atoms with Crippen molar-refractivity contribution in [1.82, 2.24) is 9.13 Å². The van der Waals surface area contributed by atoms with Gasteiger partial charge in [-0.3, -0.25) is 0 Å². The van der Waals surface area contributed by atoms with Gasteiger partial charge in [-0.05, 0) is 226 Å². The highest BCUT2D eigenvalue weighted by Gasteiger charge is 2.52. The van der Waals surface area contributed by atoms with E-state index in [0.29, 0.717) is 0 Å². The second kappa shape index (κ2) is 30.6. The summed E-state index contributed by atoms with van der Waals surface area (Å²) in [6.45, 7) is 27.8. The summed E-state index contributed by atoms with van der Waals surface area (Å²) in [6.07, 6.45) is 0. The Hall–Kier alpha value is -16.3. The molecule has 0 unspecified atom stereocenters. The van der Waals surface area contributed by atoms with E-state index in [-0.39, 0.29) is 10.8 Å². The van der Waals surface area contributed by atoms with Crippen molar-refractivity contribution in [1.29, 1.82) is 0 Å². The van der Waals surface area contributed by atoms with Crippen molar-refractivity contribution >= 4 is 202 Å². The average Bonchev–Trinajstić information content (AvgIpc) is 0.803. The van der Waals surface area contributed by atoms with Crippen LogP contribution in [0, 0.1) is 0 Å². The third kappa shape index (κ3) is 12.6. The van der Waals surface area contributed by atoms with Crippen LogP contribution in [0.4, 0.5) is 68.2 Å². The molecular weight excluding hydrogens is 1700 g/mol. The molecule has 8 nitrogen and oxygen atoms in total. The van der Waals surface area contributed by atoms with E-state index in [0.717, 1.165) is 201 Å². The standard InChI is InChI=1S/C130H102B2N6O2/c1-127(2,3)83-67-97(79-39-17-13-18-40-79)123(98(68-83)80-41-19-14-20-42-80)137-112-76-88(134-107-57-33-27-49-91(107)92-50-28-34-58-108(92)134)64-66-102(112)132-103-77-104-114(78-113(103)136(116-72-86(130(10,11)12)73-117(137)122(116)132)110-60-38-54-96-94-52-30-36-62-120(94)140-126(96)110)138(124-99(81-43-21-15-22-44-81)69-84(128(4,5)6)70-100(124)82-45-23-16-24-46-82)118-74-85(129(7,8)9)71-115-121(118)131(104)101-65-63-87(133-105-55-31-25-47-89(105)90-48-26-32-56-106(90)133)75-111(101)135(115)109-59-37-53-95-93-51-29-35-61-119(93)139-125(95)109/h13-78H,1-12H3. The van der Waals surface area contributed by atoms with Crippen molar-refractivity contribution in [2.75, 3.05) is 19.6 Å². The number of para-hydroxylation sites is 8. The molecule has 0 bridgehead atoms. The molecule has 23 aromatic rings. The highest BCUT2D eigenvalue weighted by atomic mass is 16.3. The fourth-order valence-electron chi connectivity index (χ4n) is 23.8. The lowest BCUT2D eigenvalue weighted by Gasteiger charge is -2.48. The number of nitrogens with zero attached hydrogens (tertiary/aromatic N) is 6. The van der Waals surface area contributed by atoms with Crippen LogP contribution < -0.4 is 52.4 Å². The van der Waals surface area contributed by atoms with Gasteiger partial charge in [0.1, 0.15) is 11.2 Å². The maximum Gasteiger partial charge on any atom is 0.252 e. The lowest BCUT2D eigenvalue weighted by atomic mass is 9.30. The molecule has 8 heterocycles. The maximum absolute atomic E-state index is 7.64. The predicted molar refractivity (Wildman–Crippen MR) is 594 cm³/mol. The second-order valence-electron chi connectivity index (χ2n) is 43.1. The largest absolute Gasteiger partial charge is 0.454 e. The Morgan fingerprint density at radius 3 is 0.807 bits per heavy atom. The molecule has 0 saturated carbocycles. The molecule has 0 atom stereocenters. The van der Waals surface area contributed by atoms with Gasteiger partial charge in [-0.15, -0.1) is 0 Å². The zero-order valence-electron chi connectivity index (χ0n) is 80.8. The van der Waals surface area contributed by atoms with E-state index in [1.54, 1.807) is 0 Å². The first-order valence-electron chi connectivity index (χ1n) is 49.4. The van der Waals surface area contributed by atoms with Crippen LogP contribution in [0.25, 0.3) is 143 Å². The smallest absolute Gasteiger partial charge is 0.252 e. The van der Waals surface area contributed by atoms with E-state index in [1.807, 2.05) is 0 Å². The Balaban J connectivity index is 0.846. The summed E-state index contributed by atoms with van der Waals surface area (Å²) in [6, 6.07) is 153. The van der Waals surface area contributed by atoms with Gasteiger partial charge in [-0.1, -0.05) is 356 Å². The Kier molecular flexibility index (Phi) is 18.2. The number of hydrogen-bond donors (Lipinski definition) is 0. The zero-order chi connectivity index (χ0) is 94.4. The topological polar surface area (TPSA) is 49.1 Å². The van der Waals surface area contributed by atoms with Crippen molar-refractivity contribution in [2.24, 2.45) is 0 Å². The SMILES string of the molecule is CC(C)(C)c1cc(-c2ccccc2)c(N2c3cc4c(cc3B3c5ccc(-n6c7ccccc7c7ccccc76)cc5N(c5cccc6c5oc5ccccc56)c5cc(C(C)(C)C)cc2c53)B2c3ccc(-n5c6ccccc6c6ccccc65)cc3N(c3c(-c5ccccc5)cc(C(C)(C)C)cc3-c3ccccc3)c3cc(C(C)(C)C)cc(c32)N4c2cccc3c2oc2ccccc23)c(-c2ccccc2)c1. The van der Waals surface area contributed by atoms with Gasteiger partial charge in [-0.25, -0.2) is 0 Å². The van der Waals surface area contributed by atoms with Gasteiger partial charge in [0.15, 0.2) is 11.2 Å². The minimum Gasteiger partial charge on any atom is -0.454 e. The minimum absolute atomic E-state index is 0.255. The number of anilines is 12. The Morgan fingerprint density at radius 2 is 0.471 bits per heavy atom. The molecule has 0 aliphatic carbocycles. The Labute approximate surface area is 817 Å². The molecule has 10 heteroatoms. The summed E-state index contributed by atoms with van der Waals surface area (Å²) in [4.78, 5) is 10.8. The second-order valence-corrected chi connectivity index (χ2v) is 43.1. The van der Waals surface area contributed by atoms with Crippen LogP contribution in [0.1, 0.15) is 105 Å². The first kappa shape index (κ1) is 83.1. The van der Waals surface area contributed by atoms with Crippen molar-refractivity contribution in [2.45, 2.75) is 105 Å². The van der Waals surface area contributed by atoms with Crippen LogP contribution in [-0.2, 0) is 21.7 Å². The number of aromatic nitrogens is 2. The van der Waals surface area contributed by atoms with E-state index >= 15 is 0 Å². The van der Waals surface area contributed by atoms with Gasteiger partial charge in [0.05, 0.1) is 44.8 Å². The van der Waals surface area contributed by atoms with Crippen LogP contribution in [0.15, 0.2) is 409 Å². The molecule has 19 aromatic carbocycles. The lowest BCUT2D eigenvalue weighted by molar-refractivity contribution is 0.590. The van der Waals surface area contributed by atoms with Crippen LogP contribution in [-0.4, -0.2) is 22.6 Å². The van der Waals surface area contributed by atoms with Gasteiger partial charge in [0.25, 0.3) is 13.4 Å². The quantitative estimate of drug-likeness (QED) is 0.127. The maximum atomic E-state index is 7.64.